The Bertz CT molecular complexity index is 860. The van der Waals surface area contributed by atoms with Gasteiger partial charge in [0, 0.05) is 0 Å². The number of amides is 2. The Labute approximate surface area is 157 Å². The molecular weight excluding hydrogens is 346 g/mol. The molecule has 0 bridgehead atoms. The van der Waals surface area contributed by atoms with Crippen molar-refractivity contribution in [3.05, 3.63) is 59.7 Å². The number of carbonyl (C=O) groups is 3. The highest BCUT2D eigenvalue weighted by molar-refractivity contribution is 6.12. The Morgan fingerprint density at radius 3 is 2.22 bits per heavy atom. The monoisotopic (exact) mass is 367 g/mol. The van der Waals surface area contributed by atoms with Crippen LogP contribution in [0, 0.1) is 0 Å². The van der Waals surface area contributed by atoms with Gasteiger partial charge in [0.15, 0.2) is 0 Å². The van der Waals surface area contributed by atoms with Crippen LogP contribution < -0.4 is 16.0 Å². The van der Waals surface area contributed by atoms with Crippen molar-refractivity contribution in [2.75, 3.05) is 24.3 Å². The highest BCUT2D eigenvalue weighted by Crippen LogP contribution is 2.21. The maximum atomic E-state index is 12.8. The average Bonchev–Trinajstić information content (AvgIpc) is 3.23. The van der Waals surface area contributed by atoms with Crippen molar-refractivity contribution >= 4 is 29.2 Å². The summed E-state index contributed by atoms with van der Waals surface area (Å²) in [6.07, 6.45) is 1.72. The number of esters is 1. The lowest BCUT2D eigenvalue weighted by Crippen LogP contribution is -2.36. The lowest BCUT2D eigenvalue weighted by Gasteiger charge is -2.15. The molecule has 2 amide bonds. The zero-order valence-corrected chi connectivity index (χ0v) is 15.0. The Morgan fingerprint density at radius 2 is 1.59 bits per heavy atom. The van der Waals surface area contributed by atoms with Crippen LogP contribution in [0.5, 0.6) is 0 Å². The van der Waals surface area contributed by atoms with E-state index in [1.165, 1.54) is 7.11 Å². The first kappa shape index (κ1) is 18.6. The standard InChI is InChI=1S/C20H21N3O4/c1-27-20(26)14-8-3-5-10-16(14)22-18(24)13-7-2-4-9-15(13)23-19(25)17-11-6-12-21-17/h2-5,7-10,17,21H,6,11-12H2,1H3,(H,22,24)(H,23,25)/t17-/m0/s1. The second-order valence-electron chi connectivity index (χ2n) is 6.18. The SMILES string of the molecule is COC(=O)c1ccccc1NC(=O)c1ccccc1NC(=O)[C@@H]1CCCN1. The summed E-state index contributed by atoms with van der Waals surface area (Å²) in [7, 11) is 1.28. The number of hydrogen-bond acceptors (Lipinski definition) is 5. The fraction of sp³-hybridized carbons (Fsp3) is 0.250. The van der Waals surface area contributed by atoms with Gasteiger partial charge in [-0.25, -0.2) is 4.79 Å². The van der Waals surface area contributed by atoms with Gasteiger partial charge in [-0.15, -0.1) is 0 Å². The van der Waals surface area contributed by atoms with Crippen LogP contribution in [-0.2, 0) is 9.53 Å². The van der Waals surface area contributed by atoms with Crippen molar-refractivity contribution in [1.82, 2.24) is 5.32 Å². The summed E-state index contributed by atoms with van der Waals surface area (Å²) in [5.74, 6) is -1.14. The molecule has 0 aromatic heterocycles. The highest BCUT2D eigenvalue weighted by atomic mass is 16.5. The van der Waals surface area contributed by atoms with Gasteiger partial charge in [-0.3, -0.25) is 9.59 Å². The van der Waals surface area contributed by atoms with E-state index < -0.39 is 11.9 Å². The zero-order valence-electron chi connectivity index (χ0n) is 15.0. The molecule has 27 heavy (non-hydrogen) atoms. The van der Waals surface area contributed by atoms with Crippen molar-refractivity contribution in [2.24, 2.45) is 0 Å². The molecule has 7 heteroatoms. The van der Waals surface area contributed by atoms with E-state index in [0.717, 1.165) is 19.4 Å². The average molecular weight is 367 g/mol. The van der Waals surface area contributed by atoms with Gasteiger partial charge >= 0.3 is 5.97 Å². The van der Waals surface area contributed by atoms with Gasteiger partial charge in [-0.1, -0.05) is 24.3 Å². The Balaban J connectivity index is 1.80. The van der Waals surface area contributed by atoms with Gasteiger partial charge < -0.3 is 20.7 Å². The molecule has 3 rings (SSSR count). The molecule has 0 spiro atoms. The molecule has 1 heterocycles. The molecule has 0 radical (unpaired) electrons. The molecule has 2 aromatic carbocycles. The molecular formula is C20H21N3O4. The number of carbonyl (C=O) groups excluding carboxylic acids is 3. The van der Waals surface area contributed by atoms with Gasteiger partial charge in [-0.2, -0.15) is 0 Å². The predicted molar refractivity (Wildman–Crippen MR) is 102 cm³/mol. The smallest absolute Gasteiger partial charge is 0.339 e. The lowest BCUT2D eigenvalue weighted by molar-refractivity contribution is -0.117. The topological polar surface area (TPSA) is 96.5 Å². The van der Waals surface area contributed by atoms with E-state index >= 15 is 0 Å². The van der Waals surface area contributed by atoms with Crippen LogP contribution in [0.4, 0.5) is 11.4 Å². The minimum Gasteiger partial charge on any atom is -0.465 e. The molecule has 2 aromatic rings. The number of rotatable bonds is 5. The third kappa shape index (κ3) is 4.32. The molecule has 0 aliphatic carbocycles. The largest absolute Gasteiger partial charge is 0.465 e. The lowest BCUT2D eigenvalue weighted by atomic mass is 10.1. The van der Waals surface area contributed by atoms with Gasteiger partial charge in [-0.05, 0) is 43.7 Å². The van der Waals surface area contributed by atoms with Crippen LogP contribution in [0.3, 0.4) is 0 Å². The van der Waals surface area contributed by atoms with E-state index in [1.54, 1.807) is 48.5 Å². The molecule has 1 atom stereocenters. The van der Waals surface area contributed by atoms with Crippen LogP contribution in [0.1, 0.15) is 33.6 Å². The van der Waals surface area contributed by atoms with Crippen LogP contribution >= 0.6 is 0 Å². The van der Waals surface area contributed by atoms with Gasteiger partial charge in [0.05, 0.1) is 35.7 Å². The van der Waals surface area contributed by atoms with Crippen molar-refractivity contribution in [3.8, 4) is 0 Å². The van der Waals surface area contributed by atoms with Crippen LogP contribution in [0.25, 0.3) is 0 Å². The van der Waals surface area contributed by atoms with Crippen molar-refractivity contribution in [1.29, 1.82) is 0 Å². The van der Waals surface area contributed by atoms with Gasteiger partial charge in [0.1, 0.15) is 0 Å². The van der Waals surface area contributed by atoms with E-state index in [9.17, 15) is 14.4 Å². The summed E-state index contributed by atoms with van der Waals surface area (Å²) in [5, 5.41) is 8.66. The maximum Gasteiger partial charge on any atom is 0.339 e. The fourth-order valence-corrected chi connectivity index (χ4v) is 2.99. The maximum absolute atomic E-state index is 12.8. The van der Waals surface area contributed by atoms with E-state index in [1.807, 2.05) is 0 Å². The molecule has 0 saturated carbocycles. The summed E-state index contributed by atoms with van der Waals surface area (Å²) >= 11 is 0. The number of para-hydroxylation sites is 2. The molecule has 1 aliphatic heterocycles. The predicted octanol–water partition coefficient (Wildman–Crippen LogP) is 2.42. The Morgan fingerprint density at radius 1 is 0.963 bits per heavy atom. The van der Waals surface area contributed by atoms with Crippen molar-refractivity contribution < 1.29 is 19.1 Å². The first-order valence-electron chi connectivity index (χ1n) is 8.72. The minimum atomic E-state index is -0.542. The number of methoxy groups -OCH3 is 1. The van der Waals surface area contributed by atoms with Gasteiger partial charge in [0.25, 0.3) is 5.91 Å². The Hall–Kier alpha value is -3.19. The number of ether oxygens (including phenoxy) is 1. The van der Waals surface area contributed by atoms with E-state index in [2.05, 4.69) is 16.0 Å². The first-order valence-corrected chi connectivity index (χ1v) is 8.72. The fourth-order valence-electron chi connectivity index (χ4n) is 2.99. The van der Waals surface area contributed by atoms with Crippen molar-refractivity contribution in [2.45, 2.75) is 18.9 Å². The second-order valence-corrected chi connectivity index (χ2v) is 6.18. The molecule has 1 saturated heterocycles. The van der Waals surface area contributed by atoms with Crippen LogP contribution in [0.2, 0.25) is 0 Å². The van der Waals surface area contributed by atoms with E-state index in [4.69, 9.17) is 4.74 Å². The summed E-state index contributed by atoms with van der Waals surface area (Å²) in [4.78, 5) is 37.0. The van der Waals surface area contributed by atoms with E-state index in [-0.39, 0.29) is 17.5 Å². The second kappa shape index (κ2) is 8.46. The number of benzene rings is 2. The first-order chi connectivity index (χ1) is 13.1. The summed E-state index contributed by atoms with van der Waals surface area (Å²) in [5.41, 5.74) is 1.32. The third-order valence-electron chi connectivity index (χ3n) is 4.39. The zero-order chi connectivity index (χ0) is 19.2. The molecule has 0 unspecified atom stereocenters. The Kier molecular flexibility index (Phi) is 5.83. The summed E-state index contributed by atoms with van der Waals surface area (Å²) in [6.45, 7) is 0.810. The van der Waals surface area contributed by atoms with Crippen LogP contribution in [-0.4, -0.2) is 37.5 Å². The normalized spacial score (nSPS) is 15.8. The van der Waals surface area contributed by atoms with Crippen LogP contribution in [0.15, 0.2) is 48.5 Å². The van der Waals surface area contributed by atoms with Gasteiger partial charge in [0.2, 0.25) is 5.91 Å². The number of anilines is 2. The molecule has 3 N–H and O–H groups in total. The van der Waals surface area contributed by atoms with Crippen molar-refractivity contribution in [3.63, 3.8) is 0 Å². The molecule has 140 valence electrons. The number of hydrogen-bond donors (Lipinski definition) is 3. The number of nitrogens with one attached hydrogen (secondary N) is 3. The summed E-state index contributed by atoms with van der Waals surface area (Å²) in [6, 6.07) is 13.1. The minimum absolute atomic E-state index is 0.164. The highest BCUT2D eigenvalue weighted by Gasteiger charge is 2.23. The molecule has 1 aliphatic rings. The third-order valence-corrected chi connectivity index (χ3v) is 4.39. The molecule has 1 fully saturated rings. The quantitative estimate of drug-likeness (QED) is 0.705. The van der Waals surface area contributed by atoms with E-state index in [0.29, 0.717) is 16.9 Å². The summed E-state index contributed by atoms with van der Waals surface area (Å²) < 4.78 is 4.74. The molecule has 7 nitrogen and oxygen atoms in total.